The van der Waals surface area contributed by atoms with Crippen LogP contribution in [0.2, 0.25) is 0 Å². The summed E-state index contributed by atoms with van der Waals surface area (Å²) < 4.78 is 0. The molecule has 2 heterocycles. The minimum atomic E-state index is -0.101. The summed E-state index contributed by atoms with van der Waals surface area (Å²) in [4.78, 5) is 20.8. The zero-order valence-corrected chi connectivity index (χ0v) is 14.3. The molecule has 0 radical (unpaired) electrons. The van der Waals surface area contributed by atoms with Crippen LogP contribution in [-0.2, 0) is 6.54 Å². The second-order valence-corrected chi connectivity index (χ2v) is 6.17. The van der Waals surface area contributed by atoms with Crippen LogP contribution < -0.4 is 5.32 Å². The van der Waals surface area contributed by atoms with Crippen LogP contribution in [0, 0.1) is 18.3 Å². The highest BCUT2D eigenvalue weighted by atomic mass is 16.2. The number of aromatic nitrogens is 1. The van der Waals surface area contributed by atoms with Crippen LogP contribution in [-0.4, -0.2) is 47.0 Å². The van der Waals surface area contributed by atoms with Crippen LogP contribution in [0.4, 0.5) is 10.6 Å². The van der Waals surface area contributed by atoms with Gasteiger partial charge < -0.3 is 4.90 Å². The number of anilines is 1. The number of piperazine rings is 1. The quantitative estimate of drug-likeness (QED) is 0.936. The third-order valence-corrected chi connectivity index (χ3v) is 4.27. The van der Waals surface area contributed by atoms with Gasteiger partial charge in [0.05, 0.1) is 11.6 Å². The Bertz CT molecular complexity index is 773. The standard InChI is InChI=1S/C19H21N5O/c1-15-3-2-4-18(21-15)22-19(25)24-11-9-23(10-12-24)14-17-7-5-16(13-20)6-8-17/h2-8H,9-12,14H2,1H3,(H,21,22,25). The average Bonchev–Trinajstić information content (AvgIpc) is 2.63. The molecule has 1 aromatic carbocycles. The number of pyridine rings is 1. The van der Waals surface area contributed by atoms with E-state index in [-0.39, 0.29) is 6.03 Å². The van der Waals surface area contributed by atoms with E-state index in [1.54, 1.807) is 6.07 Å². The van der Waals surface area contributed by atoms with Crippen LogP contribution in [0.3, 0.4) is 0 Å². The molecule has 3 rings (SSSR count). The number of carbonyl (C=O) groups excluding carboxylic acids is 1. The van der Waals surface area contributed by atoms with Crippen LogP contribution in [0.1, 0.15) is 16.8 Å². The molecule has 6 heteroatoms. The Kier molecular flexibility index (Phi) is 5.26. The summed E-state index contributed by atoms with van der Waals surface area (Å²) in [5, 5.41) is 11.7. The zero-order chi connectivity index (χ0) is 17.6. The number of nitrogens with zero attached hydrogens (tertiary/aromatic N) is 4. The number of nitrogens with one attached hydrogen (secondary N) is 1. The number of urea groups is 1. The van der Waals surface area contributed by atoms with Crippen molar-refractivity contribution >= 4 is 11.8 Å². The Labute approximate surface area is 147 Å². The average molecular weight is 335 g/mol. The van der Waals surface area contributed by atoms with Crippen LogP contribution in [0.5, 0.6) is 0 Å². The number of aryl methyl sites for hydroxylation is 1. The molecule has 2 aromatic rings. The van der Waals surface area contributed by atoms with Crippen molar-refractivity contribution in [1.82, 2.24) is 14.8 Å². The van der Waals surface area contributed by atoms with E-state index in [9.17, 15) is 4.79 Å². The maximum Gasteiger partial charge on any atom is 0.323 e. The summed E-state index contributed by atoms with van der Waals surface area (Å²) >= 11 is 0. The van der Waals surface area contributed by atoms with E-state index in [1.807, 2.05) is 48.2 Å². The highest BCUT2D eigenvalue weighted by Gasteiger charge is 2.21. The molecule has 25 heavy (non-hydrogen) atoms. The lowest BCUT2D eigenvalue weighted by Crippen LogP contribution is -2.49. The molecular weight excluding hydrogens is 314 g/mol. The molecule has 0 saturated carbocycles. The summed E-state index contributed by atoms with van der Waals surface area (Å²) in [6.07, 6.45) is 0. The molecule has 0 aliphatic carbocycles. The van der Waals surface area contributed by atoms with E-state index in [1.165, 1.54) is 5.56 Å². The number of hydrogen-bond acceptors (Lipinski definition) is 4. The summed E-state index contributed by atoms with van der Waals surface area (Å²) in [6, 6.07) is 15.3. The largest absolute Gasteiger partial charge is 0.323 e. The maximum absolute atomic E-state index is 12.3. The highest BCUT2D eigenvalue weighted by Crippen LogP contribution is 2.11. The van der Waals surface area contributed by atoms with Crippen molar-refractivity contribution in [2.45, 2.75) is 13.5 Å². The first-order valence-electron chi connectivity index (χ1n) is 8.35. The number of hydrogen-bond donors (Lipinski definition) is 1. The number of nitriles is 1. The number of rotatable bonds is 3. The lowest BCUT2D eigenvalue weighted by molar-refractivity contribution is 0.143. The lowest BCUT2D eigenvalue weighted by Gasteiger charge is -2.34. The zero-order valence-electron chi connectivity index (χ0n) is 14.3. The van der Waals surface area contributed by atoms with Crippen LogP contribution >= 0.6 is 0 Å². The van der Waals surface area contributed by atoms with Gasteiger partial charge >= 0.3 is 6.03 Å². The van der Waals surface area contributed by atoms with Gasteiger partial charge in [0.1, 0.15) is 5.82 Å². The first-order valence-corrected chi connectivity index (χ1v) is 8.35. The van der Waals surface area contributed by atoms with Crippen LogP contribution in [0.15, 0.2) is 42.5 Å². The summed E-state index contributed by atoms with van der Waals surface area (Å²) in [5.74, 6) is 0.588. The van der Waals surface area contributed by atoms with E-state index >= 15 is 0 Å². The van der Waals surface area contributed by atoms with Gasteiger partial charge in [0.2, 0.25) is 0 Å². The molecule has 0 bridgehead atoms. The first-order chi connectivity index (χ1) is 12.1. The molecule has 1 aliphatic rings. The molecule has 0 atom stereocenters. The normalized spacial score (nSPS) is 14.8. The van der Waals surface area contributed by atoms with Gasteiger partial charge in [-0.25, -0.2) is 9.78 Å². The van der Waals surface area contributed by atoms with Crippen molar-refractivity contribution in [1.29, 1.82) is 5.26 Å². The van der Waals surface area contributed by atoms with Gasteiger partial charge in [0, 0.05) is 38.4 Å². The highest BCUT2D eigenvalue weighted by molar-refractivity contribution is 5.88. The third kappa shape index (κ3) is 4.55. The predicted octanol–water partition coefficient (Wildman–Crippen LogP) is 2.61. The molecule has 1 fully saturated rings. The Balaban J connectivity index is 1.49. The van der Waals surface area contributed by atoms with Crippen molar-refractivity contribution in [3.8, 4) is 6.07 Å². The first kappa shape index (κ1) is 16.9. The van der Waals surface area contributed by atoms with E-state index in [0.29, 0.717) is 24.5 Å². The third-order valence-electron chi connectivity index (χ3n) is 4.27. The van der Waals surface area contributed by atoms with Gasteiger partial charge in [-0.2, -0.15) is 5.26 Å². The van der Waals surface area contributed by atoms with E-state index < -0.39 is 0 Å². The topological polar surface area (TPSA) is 72.3 Å². The Hall–Kier alpha value is -2.91. The Morgan fingerprint density at radius 2 is 1.88 bits per heavy atom. The fourth-order valence-corrected chi connectivity index (χ4v) is 2.85. The van der Waals surface area contributed by atoms with E-state index in [2.05, 4.69) is 21.3 Å². The number of amides is 2. The van der Waals surface area contributed by atoms with Crippen molar-refractivity contribution in [3.63, 3.8) is 0 Å². The fraction of sp³-hybridized carbons (Fsp3) is 0.316. The summed E-state index contributed by atoms with van der Waals surface area (Å²) in [6.45, 7) is 5.77. The van der Waals surface area contributed by atoms with E-state index in [4.69, 9.17) is 5.26 Å². The lowest BCUT2D eigenvalue weighted by atomic mass is 10.1. The summed E-state index contributed by atoms with van der Waals surface area (Å²) in [7, 11) is 0. The van der Waals surface area contributed by atoms with Crippen molar-refractivity contribution in [2.75, 3.05) is 31.5 Å². The Morgan fingerprint density at radius 3 is 2.52 bits per heavy atom. The van der Waals surface area contributed by atoms with Gasteiger partial charge in [-0.15, -0.1) is 0 Å². The molecule has 1 aromatic heterocycles. The van der Waals surface area contributed by atoms with Crippen molar-refractivity contribution in [3.05, 3.63) is 59.3 Å². The molecule has 128 valence electrons. The molecule has 1 saturated heterocycles. The SMILES string of the molecule is Cc1cccc(NC(=O)N2CCN(Cc3ccc(C#N)cc3)CC2)n1. The van der Waals surface area contributed by atoms with Gasteiger partial charge in [-0.3, -0.25) is 10.2 Å². The summed E-state index contributed by atoms with van der Waals surface area (Å²) in [5.41, 5.74) is 2.74. The van der Waals surface area contributed by atoms with Crippen LogP contribution in [0.25, 0.3) is 0 Å². The number of carbonyl (C=O) groups is 1. The predicted molar refractivity (Wildman–Crippen MR) is 96.0 cm³/mol. The maximum atomic E-state index is 12.3. The molecule has 0 unspecified atom stereocenters. The smallest absolute Gasteiger partial charge is 0.322 e. The molecule has 1 N–H and O–H groups in total. The molecule has 2 amide bonds. The van der Waals surface area contributed by atoms with Gasteiger partial charge in [-0.05, 0) is 36.8 Å². The molecular formula is C19H21N5O. The van der Waals surface area contributed by atoms with E-state index in [0.717, 1.165) is 25.3 Å². The second kappa shape index (κ2) is 7.77. The van der Waals surface area contributed by atoms with Gasteiger partial charge in [0.15, 0.2) is 0 Å². The van der Waals surface area contributed by atoms with Gasteiger partial charge in [-0.1, -0.05) is 18.2 Å². The minimum absolute atomic E-state index is 0.101. The minimum Gasteiger partial charge on any atom is -0.322 e. The molecule has 0 spiro atoms. The van der Waals surface area contributed by atoms with Gasteiger partial charge in [0.25, 0.3) is 0 Å². The van der Waals surface area contributed by atoms with Crippen molar-refractivity contribution in [2.24, 2.45) is 0 Å². The molecule has 6 nitrogen and oxygen atoms in total. The van der Waals surface area contributed by atoms with Crippen molar-refractivity contribution < 1.29 is 4.79 Å². The monoisotopic (exact) mass is 335 g/mol. The Morgan fingerprint density at radius 1 is 1.16 bits per heavy atom. The number of benzene rings is 1. The molecule has 1 aliphatic heterocycles. The fourth-order valence-electron chi connectivity index (χ4n) is 2.85. The second-order valence-electron chi connectivity index (χ2n) is 6.17.